The first-order valence-electron chi connectivity index (χ1n) is 13.2. The number of benzene rings is 1. The zero-order valence-corrected chi connectivity index (χ0v) is 22.7. The molecular weight excluding hydrogens is 458 g/mol. The minimum atomic E-state index is -0.521. The number of fused-ring (bicyclic) bond motifs is 1. The lowest BCUT2D eigenvalue weighted by Gasteiger charge is -2.57. The second-order valence-corrected chi connectivity index (χ2v) is 12.2. The molecule has 3 aliphatic carbocycles. The molecule has 1 saturated carbocycles. The monoisotopic (exact) mass is 499 g/mol. The summed E-state index contributed by atoms with van der Waals surface area (Å²) in [5.74, 6) is 2.07. The molecule has 2 unspecified atom stereocenters. The number of halogens is 1. The van der Waals surface area contributed by atoms with E-state index < -0.39 is 5.41 Å². The van der Waals surface area contributed by atoms with Gasteiger partial charge in [0.15, 0.2) is 0 Å². The van der Waals surface area contributed by atoms with Crippen molar-refractivity contribution in [1.29, 1.82) is 0 Å². The van der Waals surface area contributed by atoms with Gasteiger partial charge in [0.25, 0.3) is 0 Å². The summed E-state index contributed by atoms with van der Waals surface area (Å²) >= 11 is 6.02. The number of alkyl halides is 1. The Morgan fingerprint density at radius 1 is 1.11 bits per heavy atom. The van der Waals surface area contributed by atoms with Crippen molar-refractivity contribution in [3.63, 3.8) is 0 Å². The minimum Gasteiger partial charge on any atom is -0.340 e. The molecular formula is C29H42ClN3O2. The van der Waals surface area contributed by atoms with Gasteiger partial charge in [0.2, 0.25) is 11.8 Å². The van der Waals surface area contributed by atoms with Crippen molar-refractivity contribution < 1.29 is 9.59 Å². The molecule has 0 aromatic heterocycles. The second-order valence-electron chi connectivity index (χ2n) is 12.0. The smallest absolute Gasteiger partial charge is 0.229 e. The molecule has 5 nitrogen and oxygen atoms in total. The normalized spacial score (nSPS) is 23.9. The first-order chi connectivity index (χ1) is 16.6. The van der Waals surface area contributed by atoms with Gasteiger partial charge in [-0.15, -0.1) is 11.6 Å². The summed E-state index contributed by atoms with van der Waals surface area (Å²) in [5, 5.41) is 0. The van der Waals surface area contributed by atoms with E-state index >= 15 is 0 Å². The summed E-state index contributed by atoms with van der Waals surface area (Å²) in [4.78, 5) is 32.6. The molecule has 2 bridgehead atoms. The summed E-state index contributed by atoms with van der Waals surface area (Å²) < 4.78 is 0. The van der Waals surface area contributed by atoms with Gasteiger partial charge in [-0.2, -0.15) is 0 Å². The number of hydrogen-bond acceptors (Lipinski definition) is 3. The number of hydrogen-bond donors (Lipinski definition) is 0. The third-order valence-corrected chi connectivity index (χ3v) is 9.43. The van der Waals surface area contributed by atoms with Crippen molar-refractivity contribution in [2.75, 3.05) is 51.7 Å². The predicted octanol–water partition coefficient (Wildman–Crippen LogP) is 4.46. The van der Waals surface area contributed by atoms with E-state index in [0.717, 1.165) is 63.7 Å². The summed E-state index contributed by atoms with van der Waals surface area (Å²) in [5.41, 5.74) is 2.36. The Morgan fingerprint density at radius 2 is 1.80 bits per heavy atom. The highest BCUT2D eigenvalue weighted by molar-refractivity contribution is 6.19. The highest BCUT2D eigenvalue weighted by Gasteiger charge is 2.51. The highest BCUT2D eigenvalue weighted by atomic mass is 35.5. The minimum absolute atomic E-state index is 0.137. The Kier molecular flexibility index (Phi) is 7.97. The maximum atomic E-state index is 13.4. The highest BCUT2D eigenvalue weighted by Crippen LogP contribution is 2.59. The summed E-state index contributed by atoms with van der Waals surface area (Å²) in [6.07, 6.45) is 5.28. The van der Waals surface area contributed by atoms with Crippen LogP contribution in [-0.2, 0) is 16.0 Å². The SMILES string of the molecule is CC(C)(CCl)C(=O)N1CCN(CCN(CC2=CCC3CC2C3(C)C)C(=O)Cc2ccccc2)CC1. The Morgan fingerprint density at radius 3 is 2.40 bits per heavy atom. The Bertz CT molecular complexity index is 935. The molecule has 2 fully saturated rings. The Balaban J connectivity index is 1.36. The van der Waals surface area contributed by atoms with Crippen LogP contribution in [0.1, 0.15) is 46.1 Å². The van der Waals surface area contributed by atoms with Crippen LogP contribution < -0.4 is 0 Å². The number of piperazine rings is 1. The average Bonchev–Trinajstić information content (AvgIpc) is 2.86. The average molecular weight is 500 g/mol. The van der Waals surface area contributed by atoms with Crippen LogP contribution in [0, 0.1) is 22.7 Å². The van der Waals surface area contributed by atoms with Gasteiger partial charge in [0, 0.05) is 51.7 Å². The van der Waals surface area contributed by atoms with Crippen LogP contribution in [0.15, 0.2) is 42.0 Å². The van der Waals surface area contributed by atoms with Crippen LogP contribution in [-0.4, -0.2) is 78.2 Å². The fraction of sp³-hybridized carbons (Fsp3) is 0.655. The third-order valence-electron chi connectivity index (χ3n) is 8.77. The van der Waals surface area contributed by atoms with Crippen LogP contribution in [0.25, 0.3) is 0 Å². The van der Waals surface area contributed by atoms with Crippen LogP contribution >= 0.6 is 11.6 Å². The van der Waals surface area contributed by atoms with Gasteiger partial charge in [-0.25, -0.2) is 0 Å². The molecule has 1 aliphatic heterocycles. The zero-order chi connectivity index (χ0) is 25.2. The molecule has 4 aliphatic rings. The largest absolute Gasteiger partial charge is 0.340 e. The molecule has 1 aromatic rings. The first-order valence-corrected chi connectivity index (χ1v) is 13.7. The number of rotatable bonds is 9. The number of allylic oxidation sites excluding steroid dienone is 1. The van der Waals surface area contributed by atoms with E-state index in [9.17, 15) is 9.59 Å². The van der Waals surface area contributed by atoms with Gasteiger partial charge in [-0.05, 0) is 49.5 Å². The molecule has 1 saturated heterocycles. The van der Waals surface area contributed by atoms with Crippen molar-refractivity contribution in [1.82, 2.24) is 14.7 Å². The van der Waals surface area contributed by atoms with Gasteiger partial charge in [0.1, 0.15) is 0 Å². The van der Waals surface area contributed by atoms with E-state index in [1.807, 2.05) is 49.1 Å². The van der Waals surface area contributed by atoms with Crippen LogP contribution in [0.5, 0.6) is 0 Å². The van der Waals surface area contributed by atoms with E-state index in [-0.39, 0.29) is 11.8 Å². The number of nitrogens with zero attached hydrogens (tertiary/aromatic N) is 3. The van der Waals surface area contributed by atoms with Gasteiger partial charge >= 0.3 is 0 Å². The topological polar surface area (TPSA) is 43.9 Å². The molecule has 5 rings (SSSR count). The Labute approximate surface area is 216 Å². The van der Waals surface area contributed by atoms with E-state index in [1.54, 1.807) is 0 Å². The number of carbonyl (C=O) groups excluding carboxylic acids is 2. The molecule has 192 valence electrons. The van der Waals surface area contributed by atoms with E-state index in [1.165, 1.54) is 12.0 Å². The Hall–Kier alpha value is -1.85. The zero-order valence-electron chi connectivity index (χ0n) is 21.9. The lowest BCUT2D eigenvalue weighted by atomic mass is 9.49. The quantitative estimate of drug-likeness (QED) is 0.372. The number of carbonyl (C=O) groups is 2. The maximum Gasteiger partial charge on any atom is 0.229 e. The van der Waals surface area contributed by atoms with Gasteiger partial charge in [-0.1, -0.05) is 55.8 Å². The lowest BCUT2D eigenvalue weighted by molar-refractivity contribution is -0.141. The van der Waals surface area contributed by atoms with Crippen LogP contribution in [0.3, 0.4) is 0 Å². The van der Waals surface area contributed by atoms with Crippen LogP contribution in [0.4, 0.5) is 0 Å². The molecule has 2 atom stereocenters. The van der Waals surface area contributed by atoms with Crippen molar-refractivity contribution in [2.45, 2.75) is 47.0 Å². The first kappa shape index (κ1) is 26.2. The maximum absolute atomic E-state index is 13.4. The van der Waals surface area contributed by atoms with E-state index in [2.05, 4.69) is 29.7 Å². The molecule has 0 N–H and O–H groups in total. The molecule has 1 aromatic carbocycles. The van der Waals surface area contributed by atoms with Gasteiger partial charge in [0.05, 0.1) is 11.8 Å². The van der Waals surface area contributed by atoms with Gasteiger partial charge in [-0.3, -0.25) is 14.5 Å². The fourth-order valence-corrected chi connectivity index (χ4v) is 6.09. The fourth-order valence-electron chi connectivity index (χ4n) is 5.97. The van der Waals surface area contributed by atoms with Crippen molar-refractivity contribution >= 4 is 23.4 Å². The third kappa shape index (κ3) is 5.77. The molecule has 2 amide bonds. The van der Waals surface area contributed by atoms with Crippen LogP contribution in [0.2, 0.25) is 0 Å². The molecule has 0 radical (unpaired) electrons. The standard InChI is InChI=1S/C29H42ClN3O2/c1-28(2,21-30)27(35)32-15-12-31(13-16-32)14-17-33(26(34)18-22-8-6-5-7-9-22)20-23-10-11-24-19-25(23)29(24,3)4/h5-10,24-25H,11-21H2,1-4H3. The molecule has 1 heterocycles. The summed E-state index contributed by atoms with van der Waals surface area (Å²) in [6, 6.07) is 10.1. The summed E-state index contributed by atoms with van der Waals surface area (Å²) in [6.45, 7) is 14.0. The summed E-state index contributed by atoms with van der Waals surface area (Å²) in [7, 11) is 0. The van der Waals surface area contributed by atoms with Crippen molar-refractivity contribution in [3.8, 4) is 0 Å². The van der Waals surface area contributed by atoms with E-state index in [0.29, 0.717) is 23.6 Å². The second kappa shape index (κ2) is 10.6. The number of amides is 2. The molecule has 0 spiro atoms. The molecule has 35 heavy (non-hydrogen) atoms. The van der Waals surface area contributed by atoms with Crippen molar-refractivity contribution in [2.24, 2.45) is 22.7 Å². The lowest BCUT2D eigenvalue weighted by Crippen LogP contribution is -2.54. The molecule has 6 heteroatoms. The van der Waals surface area contributed by atoms with E-state index in [4.69, 9.17) is 11.6 Å². The van der Waals surface area contributed by atoms with Crippen molar-refractivity contribution in [3.05, 3.63) is 47.5 Å². The van der Waals surface area contributed by atoms with Gasteiger partial charge < -0.3 is 9.80 Å². The predicted molar refractivity (Wildman–Crippen MR) is 142 cm³/mol.